The van der Waals surface area contributed by atoms with Gasteiger partial charge in [-0.1, -0.05) is 0 Å². The van der Waals surface area contributed by atoms with Crippen molar-refractivity contribution in [2.45, 2.75) is 0 Å². The highest BCUT2D eigenvalue weighted by Crippen LogP contribution is 2.27. The fourth-order valence-corrected chi connectivity index (χ4v) is 1.86. The second-order valence-corrected chi connectivity index (χ2v) is 4.04. The van der Waals surface area contributed by atoms with Gasteiger partial charge in [-0.05, 0) is 18.2 Å². The number of anilines is 1. The molecule has 0 aliphatic heterocycles. The zero-order valence-electron chi connectivity index (χ0n) is 10.3. The first-order valence-corrected chi connectivity index (χ1v) is 5.78. The topological polar surface area (TPSA) is 120 Å². The van der Waals surface area contributed by atoms with Crippen LogP contribution in [-0.4, -0.2) is 45.4 Å². The summed E-state index contributed by atoms with van der Waals surface area (Å²) in [4.78, 5) is 26.2. The summed E-state index contributed by atoms with van der Waals surface area (Å²) in [5.74, 6) is -2.29. The zero-order valence-corrected chi connectivity index (χ0v) is 10.3. The van der Waals surface area contributed by atoms with E-state index in [0.29, 0.717) is 10.9 Å². The van der Waals surface area contributed by atoms with Crippen molar-refractivity contribution in [1.82, 2.24) is 4.98 Å². The third kappa shape index (κ3) is 2.52. The molecule has 0 saturated heterocycles. The van der Waals surface area contributed by atoms with Crippen molar-refractivity contribution < 1.29 is 24.9 Å². The lowest BCUT2D eigenvalue weighted by atomic mass is 10.1. The summed E-state index contributed by atoms with van der Waals surface area (Å²) in [7, 11) is 0. The van der Waals surface area contributed by atoms with Gasteiger partial charge in [0.25, 0.3) is 0 Å². The molecule has 1 aromatic carbocycles. The third-order valence-electron chi connectivity index (χ3n) is 2.76. The third-order valence-corrected chi connectivity index (χ3v) is 2.76. The molecule has 1 aromatic heterocycles. The van der Waals surface area contributed by atoms with Crippen LogP contribution < -0.4 is 5.32 Å². The molecule has 4 N–H and O–H groups in total. The first-order chi connectivity index (χ1) is 9.54. The highest BCUT2D eigenvalue weighted by atomic mass is 16.4. The maximum atomic E-state index is 11.2. The average molecular weight is 276 g/mol. The standard InChI is InChI=1S/C13H12N2O5/c16-4-3-14-11-8-5-7(12(17)18)1-2-10(8)15-6-9(11)13(19)20/h1-2,5-6,16H,3-4H2,(H,14,15)(H,17,18)(H,19,20). The number of pyridine rings is 1. The number of benzene rings is 1. The molecule has 20 heavy (non-hydrogen) atoms. The molecule has 0 unspecified atom stereocenters. The minimum Gasteiger partial charge on any atom is -0.478 e. The van der Waals surface area contributed by atoms with Crippen LogP contribution in [0.2, 0.25) is 0 Å². The molecule has 1 heterocycles. The van der Waals surface area contributed by atoms with Crippen LogP contribution in [0.5, 0.6) is 0 Å². The largest absolute Gasteiger partial charge is 0.478 e. The summed E-state index contributed by atoms with van der Waals surface area (Å²) in [6.45, 7) is -0.0296. The summed E-state index contributed by atoms with van der Waals surface area (Å²) in [6.07, 6.45) is 1.20. The van der Waals surface area contributed by atoms with Gasteiger partial charge in [0.2, 0.25) is 0 Å². The van der Waals surface area contributed by atoms with Crippen LogP contribution >= 0.6 is 0 Å². The zero-order chi connectivity index (χ0) is 14.7. The molecule has 2 aromatic rings. The molecule has 0 spiro atoms. The van der Waals surface area contributed by atoms with Crippen LogP contribution in [0.25, 0.3) is 10.9 Å². The lowest BCUT2D eigenvalue weighted by Crippen LogP contribution is -2.11. The lowest BCUT2D eigenvalue weighted by molar-refractivity contribution is 0.0687. The second-order valence-electron chi connectivity index (χ2n) is 4.04. The number of carbonyl (C=O) groups is 2. The summed E-state index contributed by atoms with van der Waals surface area (Å²) in [5.41, 5.74) is 0.683. The Labute approximate surface area is 113 Å². The number of carboxylic acids is 2. The van der Waals surface area contributed by atoms with Crippen LogP contribution in [0.1, 0.15) is 20.7 Å². The number of aliphatic hydroxyl groups is 1. The van der Waals surface area contributed by atoms with Gasteiger partial charge < -0.3 is 20.6 Å². The first kappa shape index (κ1) is 13.8. The first-order valence-electron chi connectivity index (χ1n) is 5.78. The number of nitrogens with zero attached hydrogens (tertiary/aromatic N) is 1. The van der Waals surface area contributed by atoms with Gasteiger partial charge in [0.1, 0.15) is 5.56 Å². The summed E-state index contributed by atoms with van der Waals surface area (Å²) >= 11 is 0. The number of aliphatic hydroxyl groups excluding tert-OH is 1. The number of hydrogen-bond acceptors (Lipinski definition) is 5. The predicted octanol–water partition coefficient (Wildman–Crippen LogP) is 1.04. The van der Waals surface area contributed by atoms with E-state index in [4.69, 9.17) is 15.3 Å². The molecule has 104 valence electrons. The Hall–Kier alpha value is -2.67. The molecule has 0 saturated carbocycles. The average Bonchev–Trinajstić information content (AvgIpc) is 2.43. The maximum absolute atomic E-state index is 11.2. The Bertz CT molecular complexity index is 679. The van der Waals surface area contributed by atoms with Crippen LogP contribution in [0.3, 0.4) is 0 Å². The van der Waals surface area contributed by atoms with E-state index < -0.39 is 11.9 Å². The second kappa shape index (κ2) is 5.54. The molecule has 0 amide bonds. The minimum absolute atomic E-state index is 0.0360. The summed E-state index contributed by atoms with van der Waals surface area (Å²) in [5, 5.41) is 30.2. The van der Waals surface area contributed by atoms with Crippen molar-refractivity contribution in [3.05, 3.63) is 35.5 Å². The van der Waals surface area contributed by atoms with E-state index in [1.807, 2.05) is 0 Å². The molecule has 7 nitrogen and oxygen atoms in total. The Balaban J connectivity index is 2.69. The number of carboxylic acid groups (broad SMARTS) is 2. The van der Waals surface area contributed by atoms with Crippen molar-refractivity contribution in [3.63, 3.8) is 0 Å². The van der Waals surface area contributed by atoms with Gasteiger partial charge in [0.15, 0.2) is 0 Å². The SMILES string of the molecule is O=C(O)c1ccc2ncc(C(=O)O)c(NCCO)c2c1. The van der Waals surface area contributed by atoms with Crippen LogP contribution in [-0.2, 0) is 0 Å². The van der Waals surface area contributed by atoms with Crippen LogP contribution in [0, 0.1) is 0 Å². The Morgan fingerprint density at radius 1 is 1.20 bits per heavy atom. The molecule has 0 fully saturated rings. The highest BCUT2D eigenvalue weighted by molar-refractivity contribution is 6.06. The van der Waals surface area contributed by atoms with Gasteiger partial charge in [0, 0.05) is 18.1 Å². The number of rotatable bonds is 5. The van der Waals surface area contributed by atoms with Crippen molar-refractivity contribution in [2.24, 2.45) is 0 Å². The van der Waals surface area contributed by atoms with Gasteiger partial charge in [-0.15, -0.1) is 0 Å². The Morgan fingerprint density at radius 2 is 1.95 bits per heavy atom. The summed E-state index contributed by atoms with van der Waals surface area (Å²) in [6, 6.07) is 4.26. The van der Waals surface area contributed by atoms with E-state index in [1.54, 1.807) is 0 Å². The lowest BCUT2D eigenvalue weighted by Gasteiger charge is -2.12. The van der Waals surface area contributed by atoms with Crippen molar-refractivity contribution in [1.29, 1.82) is 0 Å². The van der Waals surface area contributed by atoms with Crippen molar-refractivity contribution >= 4 is 28.5 Å². The number of fused-ring (bicyclic) bond motifs is 1. The van der Waals surface area contributed by atoms with E-state index in [1.165, 1.54) is 24.4 Å². The smallest absolute Gasteiger partial charge is 0.339 e. The van der Waals surface area contributed by atoms with Gasteiger partial charge in [0.05, 0.1) is 23.4 Å². The van der Waals surface area contributed by atoms with Crippen molar-refractivity contribution in [3.8, 4) is 0 Å². The fourth-order valence-electron chi connectivity index (χ4n) is 1.86. The minimum atomic E-state index is -1.18. The fraction of sp³-hybridized carbons (Fsp3) is 0.154. The number of nitrogens with one attached hydrogen (secondary N) is 1. The summed E-state index contributed by atoms with van der Waals surface area (Å²) < 4.78 is 0. The molecule has 0 radical (unpaired) electrons. The van der Waals surface area contributed by atoms with E-state index in [9.17, 15) is 9.59 Å². The number of aromatic nitrogens is 1. The molecule has 2 rings (SSSR count). The van der Waals surface area contributed by atoms with E-state index in [0.717, 1.165) is 0 Å². The molecule has 7 heteroatoms. The molecule has 0 atom stereocenters. The van der Waals surface area contributed by atoms with Crippen LogP contribution in [0.4, 0.5) is 5.69 Å². The van der Waals surface area contributed by atoms with Crippen molar-refractivity contribution in [2.75, 3.05) is 18.5 Å². The van der Waals surface area contributed by atoms with Gasteiger partial charge in [-0.25, -0.2) is 9.59 Å². The van der Waals surface area contributed by atoms with Gasteiger partial charge >= 0.3 is 11.9 Å². The van der Waals surface area contributed by atoms with Gasteiger partial charge in [-0.3, -0.25) is 4.98 Å². The monoisotopic (exact) mass is 276 g/mol. The van der Waals surface area contributed by atoms with Crippen LogP contribution in [0.15, 0.2) is 24.4 Å². The molecule has 0 aliphatic carbocycles. The van der Waals surface area contributed by atoms with E-state index >= 15 is 0 Å². The highest BCUT2D eigenvalue weighted by Gasteiger charge is 2.15. The molecular weight excluding hydrogens is 264 g/mol. The van der Waals surface area contributed by atoms with E-state index in [-0.39, 0.29) is 30.0 Å². The molecule has 0 bridgehead atoms. The van der Waals surface area contributed by atoms with Gasteiger partial charge in [-0.2, -0.15) is 0 Å². The Kier molecular flexibility index (Phi) is 3.81. The Morgan fingerprint density at radius 3 is 2.55 bits per heavy atom. The maximum Gasteiger partial charge on any atom is 0.339 e. The predicted molar refractivity (Wildman–Crippen MR) is 71.2 cm³/mol. The number of aromatic carboxylic acids is 2. The molecule has 0 aliphatic rings. The van der Waals surface area contributed by atoms with E-state index in [2.05, 4.69) is 10.3 Å². The normalized spacial score (nSPS) is 10.4. The quantitative estimate of drug-likeness (QED) is 0.643. The molecular formula is C13H12N2O5. The number of hydrogen-bond donors (Lipinski definition) is 4.